The largest absolute Gasteiger partial charge is 0.352 e. The Labute approximate surface area is 61.0 Å². The van der Waals surface area contributed by atoms with Crippen LogP contribution in [0.3, 0.4) is 0 Å². The minimum atomic E-state index is -0.468. The van der Waals surface area contributed by atoms with E-state index in [1.165, 1.54) is 0 Å². The van der Waals surface area contributed by atoms with Crippen LogP contribution < -0.4 is 16.8 Å². The Hall–Kier alpha value is -0.770. The molecule has 0 aromatic rings. The van der Waals surface area contributed by atoms with E-state index >= 15 is 0 Å². The fourth-order valence-corrected chi connectivity index (χ4v) is 0.739. The molecule has 0 aliphatic carbocycles. The number of nitrogens with two attached hydrogens (primary N) is 2. The van der Waals surface area contributed by atoms with E-state index in [1.54, 1.807) is 0 Å². The number of primary amides is 1. The lowest BCUT2D eigenvalue weighted by atomic mass is 10.2. The van der Waals surface area contributed by atoms with E-state index in [2.05, 4.69) is 5.32 Å². The van der Waals surface area contributed by atoms with Crippen molar-refractivity contribution in [2.24, 2.45) is 11.5 Å². The quantitative estimate of drug-likeness (QED) is 0.511. The van der Waals surface area contributed by atoms with Gasteiger partial charge in [0.05, 0.1) is 0 Å². The Balaban J connectivity index is 3.25. The molecule has 0 heterocycles. The van der Waals surface area contributed by atoms with Crippen molar-refractivity contribution in [3.63, 3.8) is 0 Å². The number of carbonyl (C=O) groups excluding carboxylic acids is 1. The number of hydrogen-bond acceptors (Lipinski definition) is 2. The third kappa shape index (κ3) is 5.37. The summed E-state index contributed by atoms with van der Waals surface area (Å²) in [7, 11) is 0. The third-order valence-electron chi connectivity index (χ3n) is 1.23. The van der Waals surface area contributed by atoms with Crippen molar-refractivity contribution in [2.45, 2.75) is 25.8 Å². The standard InChI is InChI=1S/C6H15N3O/c1-5(3-2-4-7)9-6(8)10/h5H,2-4,7H2,1H3,(H3,8,9,10). The van der Waals surface area contributed by atoms with Crippen LogP contribution in [-0.2, 0) is 0 Å². The second kappa shape index (κ2) is 5.05. The van der Waals surface area contributed by atoms with E-state index in [-0.39, 0.29) is 6.04 Å². The molecule has 4 heteroatoms. The molecule has 0 bridgehead atoms. The first kappa shape index (κ1) is 9.23. The summed E-state index contributed by atoms with van der Waals surface area (Å²) in [5.41, 5.74) is 10.1. The van der Waals surface area contributed by atoms with E-state index in [9.17, 15) is 4.79 Å². The average Bonchev–Trinajstić information content (AvgIpc) is 1.82. The molecule has 2 amide bonds. The Morgan fingerprint density at radius 1 is 1.70 bits per heavy atom. The number of urea groups is 1. The fourth-order valence-electron chi connectivity index (χ4n) is 0.739. The highest BCUT2D eigenvalue weighted by Gasteiger charge is 2.01. The van der Waals surface area contributed by atoms with Crippen LogP contribution in [0.25, 0.3) is 0 Å². The van der Waals surface area contributed by atoms with Gasteiger partial charge in [-0.05, 0) is 26.3 Å². The van der Waals surface area contributed by atoms with E-state index in [0.29, 0.717) is 6.54 Å². The maximum Gasteiger partial charge on any atom is 0.312 e. The zero-order chi connectivity index (χ0) is 7.98. The highest BCUT2D eigenvalue weighted by Crippen LogP contribution is 1.92. The van der Waals surface area contributed by atoms with Gasteiger partial charge in [-0.25, -0.2) is 4.79 Å². The second-order valence-electron chi connectivity index (χ2n) is 2.34. The zero-order valence-electron chi connectivity index (χ0n) is 6.26. The first-order valence-corrected chi connectivity index (χ1v) is 3.43. The molecule has 0 aromatic heterocycles. The van der Waals surface area contributed by atoms with E-state index < -0.39 is 6.03 Å². The van der Waals surface area contributed by atoms with Crippen LogP contribution in [0.2, 0.25) is 0 Å². The smallest absolute Gasteiger partial charge is 0.312 e. The fraction of sp³-hybridized carbons (Fsp3) is 0.833. The van der Waals surface area contributed by atoms with Gasteiger partial charge in [0.15, 0.2) is 0 Å². The van der Waals surface area contributed by atoms with Crippen molar-refractivity contribution in [3.05, 3.63) is 0 Å². The summed E-state index contributed by atoms with van der Waals surface area (Å²) in [6, 6.07) is -0.328. The van der Waals surface area contributed by atoms with Crippen LogP contribution in [0.1, 0.15) is 19.8 Å². The molecule has 0 spiro atoms. The minimum Gasteiger partial charge on any atom is -0.352 e. The molecule has 0 rings (SSSR count). The van der Waals surface area contributed by atoms with Crippen molar-refractivity contribution in [3.8, 4) is 0 Å². The first-order chi connectivity index (χ1) is 4.66. The molecule has 0 aromatic carbocycles. The zero-order valence-corrected chi connectivity index (χ0v) is 6.26. The Bertz CT molecular complexity index is 105. The van der Waals surface area contributed by atoms with Crippen molar-refractivity contribution in [1.82, 2.24) is 5.32 Å². The molecule has 0 aliphatic heterocycles. The predicted octanol–water partition coefficient (Wildman–Crippen LogP) is -0.218. The van der Waals surface area contributed by atoms with Gasteiger partial charge in [-0.2, -0.15) is 0 Å². The number of nitrogens with one attached hydrogen (secondary N) is 1. The van der Waals surface area contributed by atoms with Crippen LogP contribution in [0.15, 0.2) is 0 Å². The maximum atomic E-state index is 10.3. The maximum absolute atomic E-state index is 10.3. The van der Waals surface area contributed by atoms with Gasteiger partial charge in [0, 0.05) is 6.04 Å². The molecular weight excluding hydrogens is 130 g/mol. The van der Waals surface area contributed by atoms with Gasteiger partial charge >= 0.3 is 6.03 Å². The Morgan fingerprint density at radius 3 is 2.70 bits per heavy atom. The van der Waals surface area contributed by atoms with Crippen molar-refractivity contribution < 1.29 is 4.79 Å². The van der Waals surface area contributed by atoms with Crippen LogP contribution >= 0.6 is 0 Å². The highest BCUT2D eigenvalue weighted by molar-refractivity contribution is 5.71. The number of rotatable bonds is 4. The molecule has 0 fully saturated rings. The summed E-state index contributed by atoms with van der Waals surface area (Å²) in [6.07, 6.45) is 1.81. The van der Waals surface area contributed by atoms with E-state index in [1.807, 2.05) is 6.92 Å². The first-order valence-electron chi connectivity index (χ1n) is 3.43. The number of amides is 2. The van der Waals surface area contributed by atoms with Crippen LogP contribution in [0.5, 0.6) is 0 Å². The van der Waals surface area contributed by atoms with Gasteiger partial charge in [0.1, 0.15) is 0 Å². The number of carbonyl (C=O) groups is 1. The summed E-state index contributed by atoms with van der Waals surface area (Å²) >= 11 is 0. The van der Waals surface area contributed by atoms with Crippen molar-refractivity contribution in [1.29, 1.82) is 0 Å². The van der Waals surface area contributed by atoms with Gasteiger partial charge < -0.3 is 16.8 Å². The number of hydrogen-bond donors (Lipinski definition) is 3. The SMILES string of the molecule is CC(CCCN)NC(N)=O. The van der Waals surface area contributed by atoms with Gasteiger partial charge in [-0.15, -0.1) is 0 Å². The third-order valence-corrected chi connectivity index (χ3v) is 1.23. The van der Waals surface area contributed by atoms with Gasteiger partial charge in [0.2, 0.25) is 0 Å². The van der Waals surface area contributed by atoms with Crippen LogP contribution in [0, 0.1) is 0 Å². The molecule has 0 radical (unpaired) electrons. The van der Waals surface area contributed by atoms with Gasteiger partial charge in [-0.1, -0.05) is 0 Å². The molecule has 0 aliphatic rings. The lowest BCUT2D eigenvalue weighted by molar-refractivity contribution is 0.245. The van der Waals surface area contributed by atoms with Gasteiger partial charge in [-0.3, -0.25) is 0 Å². The topological polar surface area (TPSA) is 81.1 Å². The van der Waals surface area contributed by atoms with Crippen LogP contribution in [-0.4, -0.2) is 18.6 Å². The summed E-state index contributed by atoms with van der Waals surface area (Å²) in [5.74, 6) is 0. The summed E-state index contributed by atoms with van der Waals surface area (Å²) in [4.78, 5) is 10.3. The Morgan fingerprint density at radius 2 is 2.30 bits per heavy atom. The summed E-state index contributed by atoms with van der Waals surface area (Å²) in [5, 5.41) is 2.56. The molecular formula is C6H15N3O. The predicted molar refractivity (Wildman–Crippen MR) is 40.5 cm³/mol. The molecule has 1 unspecified atom stereocenters. The van der Waals surface area contributed by atoms with Crippen molar-refractivity contribution in [2.75, 3.05) is 6.54 Å². The molecule has 4 nitrogen and oxygen atoms in total. The molecule has 60 valence electrons. The van der Waals surface area contributed by atoms with Gasteiger partial charge in [0.25, 0.3) is 0 Å². The monoisotopic (exact) mass is 145 g/mol. The molecule has 0 saturated carbocycles. The molecule has 5 N–H and O–H groups in total. The normalized spacial score (nSPS) is 12.6. The minimum absolute atomic E-state index is 0.140. The highest BCUT2D eigenvalue weighted by atomic mass is 16.2. The van der Waals surface area contributed by atoms with E-state index in [4.69, 9.17) is 11.5 Å². The van der Waals surface area contributed by atoms with Crippen molar-refractivity contribution >= 4 is 6.03 Å². The summed E-state index contributed by atoms with van der Waals surface area (Å²) in [6.45, 7) is 2.56. The molecule has 10 heavy (non-hydrogen) atoms. The second-order valence-corrected chi connectivity index (χ2v) is 2.34. The lowest BCUT2D eigenvalue weighted by Gasteiger charge is -2.09. The van der Waals surface area contributed by atoms with E-state index in [0.717, 1.165) is 12.8 Å². The lowest BCUT2D eigenvalue weighted by Crippen LogP contribution is -2.36. The summed E-state index contributed by atoms with van der Waals surface area (Å²) < 4.78 is 0. The van der Waals surface area contributed by atoms with Crippen LogP contribution in [0.4, 0.5) is 4.79 Å². The average molecular weight is 145 g/mol. The Kier molecular flexibility index (Phi) is 4.66. The molecule has 1 atom stereocenters. The molecule has 0 saturated heterocycles.